The summed E-state index contributed by atoms with van der Waals surface area (Å²) >= 11 is 0. The third-order valence-electron chi connectivity index (χ3n) is 1.94. The quantitative estimate of drug-likeness (QED) is 0.893. The zero-order valence-corrected chi connectivity index (χ0v) is 10.4. The minimum atomic E-state index is -4.31. The Labute approximate surface area is 108 Å². The van der Waals surface area contributed by atoms with Gasteiger partial charge in [-0.05, 0) is 12.1 Å². The molecule has 1 aromatic heterocycles. The Bertz CT molecular complexity index is 381. The summed E-state index contributed by atoms with van der Waals surface area (Å²) < 4.78 is 35.6. The molecular weight excluding hydrogens is 271 g/mol. The lowest BCUT2D eigenvalue weighted by molar-refractivity contribution is -0.142. The van der Waals surface area contributed by atoms with Gasteiger partial charge in [-0.25, -0.2) is 4.98 Å². The molecule has 0 aliphatic heterocycles. The van der Waals surface area contributed by atoms with Gasteiger partial charge in [-0.15, -0.1) is 12.4 Å². The summed E-state index contributed by atoms with van der Waals surface area (Å²) in [7, 11) is 1.68. The Kier molecular flexibility index (Phi) is 6.46. The molecule has 0 atom stereocenters. The molecule has 1 rings (SSSR count). The van der Waals surface area contributed by atoms with Crippen molar-refractivity contribution in [2.75, 3.05) is 17.7 Å². The van der Waals surface area contributed by atoms with Gasteiger partial charge in [0.05, 0.1) is 18.3 Å². The maximum Gasteiger partial charge on any atom is 0.389 e. The van der Waals surface area contributed by atoms with Crippen LogP contribution in [-0.2, 0) is 4.79 Å². The molecule has 0 aliphatic carbocycles. The van der Waals surface area contributed by atoms with Crippen LogP contribution in [0.15, 0.2) is 18.3 Å². The first kappa shape index (κ1) is 16.5. The molecule has 0 aromatic carbocycles. The van der Waals surface area contributed by atoms with Crippen molar-refractivity contribution in [3.05, 3.63) is 18.3 Å². The summed E-state index contributed by atoms with van der Waals surface area (Å²) in [4.78, 5) is 15.1. The third kappa shape index (κ3) is 6.29. The lowest BCUT2D eigenvalue weighted by Gasteiger charge is -2.07. The van der Waals surface area contributed by atoms with Crippen LogP contribution in [-0.4, -0.2) is 24.1 Å². The third-order valence-corrected chi connectivity index (χ3v) is 1.94. The molecule has 1 heterocycles. The van der Waals surface area contributed by atoms with Crippen LogP contribution in [0.4, 0.5) is 24.7 Å². The van der Waals surface area contributed by atoms with Crippen molar-refractivity contribution in [1.29, 1.82) is 0 Å². The normalized spacial score (nSPS) is 10.4. The van der Waals surface area contributed by atoms with E-state index in [0.29, 0.717) is 11.5 Å². The SMILES string of the molecule is CNc1ccc(NC(=O)CCC(F)(F)F)cn1.Cl. The number of carbonyl (C=O) groups is 1. The summed E-state index contributed by atoms with van der Waals surface area (Å²) in [5, 5.41) is 5.12. The molecule has 0 spiro atoms. The number of hydrogen-bond donors (Lipinski definition) is 2. The molecule has 102 valence electrons. The molecular formula is C10H13ClF3N3O. The van der Waals surface area contributed by atoms with Crippen molar-refractivity contribution in [2.24, 2.45) is 0 Å². The second-order valence-corrected chi connectivity index (χ2v) is 3.35. The number of nitrogens with zero attached hydrogens (tertiary/aromatic N) is 1. The highest BCUT2D eigenvalue weighted by atomic mass is 35.5. The molecule has 2 N–H and O–H groups in total. The van der Waals surface area contributed by atoms with E-state index in [0.717, 1.165) is 0 Å². The van der Waals surface area contributed by atoms with Gasteiger partial charge in [0, 0.05) is 13.5 Å². The fraction of sp³-hybridized carbons (Fsp3) is 0.400. The first-order valence-corrected chi connectivity index (χ1v) is 4.91. The fourth-order valence-electron chi connectivity index (χ4n) is 1.09. The number of aromatic nitrogens is 1. The lowest BCUT2D eigenvalue weighted by Crippen LogP contribution is -2.16. The highest BCUT2D eigenvalue weighted by Gasteiger charge is 2.27. The highest BCUT2D eigenvalue weighted by Crippen LogP contribution is 2.21. The monoisotopic (exact) mass is 283 g/mol. The molecule has 4 nitrogen and oxygen atoms in total. The van der Waals surface area contributed by atoms with Crippen LogP contribution in [0.5, 0.6) is 0 Å². The Hall–Kier alpha value is -1.50. The number of halogens is 4. The number of carbonyl (C=O) groups excluding carboxylic acids is 1. The lowest BCUT2D eigenvalue weighted by atomic mass is 10.3. The van der Waals surface area contributed by atoms with Crippen LogP contribution in [0.3, 0.4) is 0 Å². The maximum absolute atomic E-state index is 11.9. The van der Waals surface area contributed by atoms with Crippen LogP contribution < -0.4 is 10.6 Å². The minimum absolute atomic E-state index is 0. The maximum atomic E-state index is 11.9. The van der Waals surface area contributed by atoms with E-state index in [9.17, 15) is 18.0 Å². The van der Waals surface area contributed by atoms with Gasteiger partial charge in [0.2, 0.25) is 5.91 Å². The number of amides is 1. The van der Waals surface area contributed by atoms with Crippen molar-refractivity contribution in [1.82, 2.24) is 4.98 Å². The molecule has 8 heteroatoms. The van der Waals surface area contributed by atoms with Crippen LogP contribution in [0, 0.1) is 0 Å². The smallest absolute Gasteiger partial charge is 0.373 e. The predicted octanol–water partition coefficient (Wildman–Crippen LogP) is 2.83. The Morgan fingerprint density at radius 2 is 2.06 bits per heavy atom. The van der Waals surface area contributed by atoms with Gasteiger partial charge in [-0.1, -0.05) is 0 Å². The number of rotatable bonds is 4. The highest BCUT2D eigenvalue weighted by molar-refractivity contribution is 5.90. The molecule has 1 aromatic rings. The largest absolute Gasteiger partial charge is 0.389 e. The summed E-state index contributed by atoms with van der Waals surface area (Å²) in [6.07, 6.45) is -4.65. The standard InChI is InChI=1S/C10H12F3N3O.ClH/c1-14-8-3-2-7(6-15-8)16-9(17)4-5-10(11,12)13;/h2-3,6H,4-5H2,1H3,(H,14,15)(H,16,17);1H. The molecule has 0 saturated carbocycles. The van der Waals surface area contributed by atoms with Crippen LogP contribution >= 0.6 is 12.4 Å². The van der Waals surface area contributed by atoms with Gasteiger partial charge < -0.3 is 10.6 Å². The van der Waals surface area contributed by atoms with Crippen molar-refractivity contribution in [2.45, 2.75) is 19.0 Å². The van der Waals surface area contributed by atoms with E-state index in [1.54, 1.807) is 19.2 Å². The number of hydrogen-bond acceptors (Lipinski definition) is 3. The van der Waals surface area contributed by atoms with E-state index < -0.39 is 24.9 Å². The first-order valence-electron chi connectivity index (χ1n) is 4.91. The van der Waals surface area contributed by atoms with E-state index in [4.69, 9.17) is 0 Å². The molecule has 0 fully saturated rings. The number of nitrogens with one attached hydrogen (secondary N) is 2. The van der Waals surface area contributed by atoms with Crippen molar-refractivity contribution in [3.63, 3.8) is 0 Å². The van der Waals surface area contributed by atoms with Crippen LogP contribution in [0.25, 0.3) is 0 Å². The van der Waals surface area contributed by atoms with Gasteiger partial charge in [0.1, 0.15) is 5.82 Å². The predicted molar refractivity (Wildman–Crippen MR) is 65.0 cm³/mol. The van der Waals surface area contributed by atoms with Crippen molar-refractivity contribution in [3.8, 4) is 0 Å². The molecule has 0 saturated heterocycles. The van der Waals surface area contributed by atoms with E-state index in [1.807, 2.05) is 0 Å². The van der Waals surface area contributed by atoms with Gasteiger partial charge in [0.15, 0.2) is 0 Å². The zero-order valence-electron chi connectivity index (χ0n) is 9.54. The van der Waals surface area contributed by atoms with Gasteiger partial charge in [-0.3, -0.25) is 4.79 Å². The minimum Gasteiger partial charge on any atom is -0.373 e. The molecule has 0 unspecified atom stereocenters. The Balaban J connectivity index is 0.00000289. The summed E-state index contributed by atoms with van der Waals surface area (Å²) in [6, 6.07) is 3.17. The van der Waals surface area contributed by atoms with Gasteiger partial charge >= 0.3 is 6.18 Å². The Morgan fingerprint density at radius 1 is 1.39 bits per heavy atom. The van der Waals surface area contributed by atoms with Gasteiger partial charge in [-0.2, -0.15) is 13.2 Å². The summed E-state index contributed by atoms with van der Waals surface area (Å²) in [5.74, 6) is -0.0698. The number of pyridine rings is 1. The molecule has 18 heavy (non-hydrogen) atoms. The second-order valence-electron chi connectivity index (χ2n) is 3.35. The number of anilines is 2. The average Bonchev–Trinajstić information content (AvgIpc) is 2.27. The van der Waals surface area contributed by atoms with Crippen LogP contribution in [0.1, 0.15) is 12.8 Å². The van der Waals surface area contributed by atoms with E-state index in [2.05, 4.69) is 15.6 Å². The summed E-state index contributed by atoms with van der Waals surface area (Å²) in [6.45, 7) is 0. The van der Waals surface area contributed by atoms with Crippen LogP contribution in [0.2, 0.25) is 0 Å². The second kappa shape index (κ2) is 7.05. The van der Waals surface area contributed by atoms with Crippen molar-refractivity contribution >= 4 is 29.8 Å². The number of alkyl halides is 3. The van der Waals surface area contributed by atoms with Crippen molar-refractivity contribution < 1.29 is 18.0 Å². The average molecular weight is 284 g/mol. The van der Waals surface area contributed by atoms with E-state index in [1.165, 1.54) is 6.20 Å². The molecule has 0 bridgehead atoms. The molecule has 0 aliphatic rings. The fourth-order valence-corrected chi connectivity index (χ4v) is 1.09. The van der Waals surface area contributed by atoms with Gasteiger partial charge in [0.25, 0.3) is 0 Å². The molecule has 1 amide bonds. The zero-order chi connectivity index (χ0) is 12.9. The van der Waals surface area contributed by atoms with E-state index >= 15 is 0 Å². The Morgan fingerprint density at radius 3 is 2.50 bits per heavy atom. The summed E-state index contributed by atoms with van der Waals surface area (Å²) in [5.41, 5.74) is 0.371. The molecule has 0 radical (unpaired) electrons. The first-order chi connectivity index (χ1) is 7.90. The van der Waals surface area contributed by atoms with E-state index in [-0.39, 0.29) is 12.4 Å². The topological polar surface area (TPSA) is 54.0 Å².